The summed E-state index contributed by atoms with van der Waals surface area (Å²) >= 11 is 0. The topological polar surface area (TPSA) is 196 Å². The van der Waals surface area contributed by atoms with E-state index in [1.54, 1.807) is 24.3 Å². The number of carbonyl (C=O) groups excluding carboxylic acids is 5. The predicted octanol–water partition coefficient (Wildman–Crippen LogP) is 4.47. The molecule has 0 aromatic rings. The van der Waals surface area contributed by atoms with E-state index in [-0.39, 0.29) is 57.9 Å². The largest absolute Gasteiger partial charge is 0.458 e. The van der Waals surface area contributed by atoms with Gasteiger partial charge in [-0.05, 0) is 126 Å². The Morgan fingerprint density at radius 1 is 0.684 bits per heavy atom. The number of Topliss-reactive ketones (excluding diaryl/α,β-unsaturated/α-hetero) is 2. The molecule has 0 saturated heterocycles. The molecule has 5 N–H and O–H groups in total. The van der Waals surface area contributed by atoms with E-state index in [9.17, 15) is 49.5 Å². The zero-order valence-corrected chi connectivity index (χ0v) is 34.6. The first-order valence-electron chi connectivity index (χ1n) is 21.0. The number of ketones is 4. The van der Waals surface area contributed by atoms with Crippen LogP contribution in [0.25, 0.3) is 0 Å². The minimum atomic E-state index is -1.61. The van der Waals surface area contributed by atoms with Crippen molar-refractivity contribution in [3.05, 3.63) is 46.6 Å². The Bertz CT molecular complexity index is 1910. The Balaban J connectivity index is 0.000000175. The average molecular weight is 791 g/mol. The molecule has 11 heteroatoms. The molecule has 0 amide bonds. The van der Waals surface area contributed by atoms with Crippen molar-refractivity contribution in [3.8, 4) is 0 Å². The number of aliphatic hydroxyl groups excluding tert-OH is 3. The summed E-state index contributed by atoms with van der Waals surface area (Å²) in [5.41, 5.74) is -1.21. The van der Waals surface area contributed by atoms with Gasteiger partial charge in [-0.1, -0.05) is 50.0 Å². The molecule has 14 atom stereocenters. The number of esters is 1. The molecule has 0 heterocycles. The molecule has 11 nitrogen and oxygen atoms in total. The van der Waals surface area contributed by atoms with Gasteiger partial charge in [-0.15, -0.1) is 0 Å². The van der Waals surface area contributed by atoms with Crippen LogP contribution in [0.5, 0.6) is 0 Å². The summed E-state index contributed by atoms with van der Waals surface area (Å²) in [6.45, 7) is 12.2. The van der Waals surface area contributed by atoms with Crippen LogP contribution in [0.3, 0.4) is 0 Å². The molecule has 6 fully saturated rings. The summed E-state index contributed by atoms with van der Waals surface area (Å²) in [5, 5.41) is 54.8. The second kappa shape index (κ2) is 14.0. The van der Waals surface area contributed by atoms with Crippen LogP contribution in [-0.2, 0) is 28.7 Å². The van der Waals surface area contributed by atoms with Crippen LogP contribution in [-0.4, -0.2) is 91.3 Å². The normalized spacial score (nSPS) is 46.8. The minimum absolute atomic E-state index is 0.0138. The van der Waals surface area contributed by atoms with Gasteiger partial charge < -0.3 is 30.3 Å². The number of hydrogen-bond acceptors (Lipinski definition) is 11. The van der Waals surface area contributed by atoms with Crippen molar-refractivity contribution in [3.63, 3.8) is 0 Å². The van der Waals surface area contributed by atoms with Gasteiger partial charge in [0.2, 0.25) is 5.78 Å². The zero-order valence-electron chi connectivity index (χ0n) is 34.6. The summed E-state index contributed by atoms with van der Waals surface area (Å²) in [4.78, 5) is 60.6. The maximum absolute atomic E-state index is 12.9. The van der Waals surface area contributed by atoms with Gasteiger partial charge in [0.25, 0.3) is 0 Å². The van der Waals surface area contributed by atoms with Gasteiger partial charge in [-0.25, -0.2) is 0 Å². The lowest BCUT2D eigenvalue weighted by Gasteiger charge is -2.60. The van der Waals surface area contributed by atoms with Crippen LogP contribution >= 0.6 is 0 Å². The van der Waals surface area contributed by atoms with Crippen LogP contribution in [0.15, 0.2) is 46.6 Å². The first kappa shape index (κ1) is 42.0. The number of rotatable bonds is 5. The lowest BCUT2D eigenvalue weighted by molar-refractivity contribution is -0.181. The van der Waals surface area contributed by atoms with Gasteiger partial charge in [0.05, 0.1) is 12.2 Å². The van der Waals surface area contributed by atoms with Gasteiger partial charge >= 0.3 is 5.97 Å². The number of fused-ring (bicyclic) bond motifs is 10. The number of aliphatic hydroxyl groups is 5. The molecule has 8 aliphatic carbocycles. The molecule has 8 aliphatic rings. The van der Waals surface area contributed by atoms with Crippen LogP contribution < -0.4 is 0 Å². The maximum Gasteiger partial charge on any atom is 0.303 e. The van der Waals surface area contributed by atoms with E-state index < -0.39 is 65.0 Å². The third kappa shape index (κ3) is 5.79. The summed E-state index contributed by atoms with van der Waals surface area (Å²) in [6.07, 6.45) is 11.5. The first-order chi connectivity index (χ1) is 26.5. The van der Waals surface area contributed by atoms with E-state index in [0.717, 1.165) is 54.4 Å². The molecule has 0 radical (unpaired) electrons. The van der Waals surface area contributed by atoms with Gasteiger partial charge in [0.15, 0.2) is 24.0 Å². The van der Waals surface area contributed by atoms with Crippen molar-refractivity contribution in [1.82, 2.24) is 0 Å². The summed E-state index contributed by atoms with van der Waals surface area (Å²) in [7, 11) is 0. The molecule has 8 rings (SSSR count). The molecule has 57 heavy (non-hydrogen) atoms. The molecule has 0 bridgehead atoms. The summed E-state index contributed by atoms with van der Waals surface area (Å²) < 4.78 is 4.89. The number of ether oxygens (including phenoxy) is 1. The van der Waals surface area contributed by atoms with Crippen molar-refractivity contribution < 1.29 is 54.2 Å². The molecular weight excluding hydrogens is 728 g/mol. The minimum Gasteiger partial charge on any atom is -0.458 e. The Hall–Kier alpha value is -3.09. The fourth-order valence-electron chi connectivity index (χ4n) is 14.7. The third-order valence-corrected chi connectivity index (χ3v) is 17.8. The molecular formula is C46H62O11. The Morgan fingerprint density at radius 3 is 1.47 bits per heavy atom. The lowest BCUT2D eigenvalue weighted by Crippen LogP contribution is -2.62. The molecule has 312 valence electrons. The highest BCUT2D eigenvalue weighted by molar-refractivity contribution is 6.02. The molecule has 0 spiro atoms. The Labute approximate surface area is 335 Å². The van der Waals surface area contributed by atoms with Gasteiger partial charge in [-0.3, -0.25) is 24.0 Å². The first-order valence-corrected chi connectivity index (χ1v) is 21.0. The molecule has 5 unspecified atom stereocenters. The second-order valence-corrected chi connectivity index (χ2v) is 19.8. The number of hydrogen-bond donors (Lipinski definition) is 5. The van der Waals surface area contributed by atoms with Crippen molar-refractivity contribution in [2.75, 3.05) is 13.2 Å². The quantitative estimate of drug-likeness (QED) is 0.247. The van der Waals surface area contributed by atoms with Crippen LogP contribution in [0.2, 0.25) is 0 Å². The van der Waals surface area contributed by atoms with Crippen molar-refractivity contribution in [2.45, 2.75) is 136 Å². The van der Waals surface area contributed by atoms with E-state index in [2.05, 4.69) is 13.8 Å². The zero-order chi connectivity index (χ0) is 41.8. The number of carbonyl (C=O) groups is 5. The standard InChI is InChI=1S/C24H32O6.C22H30O5/c1-13-9-16(26)10-15-5-6-17-18-7-8-24(29,20(28)12-30-14(2)25)22(18,3)11-19(27)21(17)23(13,15)4;1-12-8-14(24)9-13-4-5-15-16-6-7-22(27,18(26)11-23)20(16,2)10-17(25)19(15)21(12,13)3/h9-10,17-19,21,27,29H,5-8,11-12H2,1-4H3;8-9,15-17,19,23,25,27H,4-7,10-11H2,1-3H3/t17?,18?,19?,21?,22-,23-,24-;15-,16-,17?,19+,20-,21-,22-/m00/s1. The highest BCUT2D eigenvalue weighted by Crippen LogP contribution is 2.69. The average Bonchev–Trinajstić information content (AvgIpc) is 3.57. The predicted molar refractivity (Wildman–Crippen MR) is 209 cm³/mol. The highest BCUT2D eigenvalue weighted by Gasteiger charge is 2.70. The Kier molecular flexibility index (Phi) is 10.3. The second-order valence-electron chi connectivity index (χ2n) is 19.8. The van der Waals surface area contributed by atoms with Crippen LogP contribution in [0.4, 0.5) is 0 Å². The van der Waals surface area contributed by atoms with Crippen molar-refractivity contribution in [2.24, 2.45) is 57.2 Å². The van der Waals surface area contributed by atoms with E-state index in [1.807, 2.05) is 27.7 Å². The third-order valence-electron chi connectivity index (χ3n) is 17.8. The van der Waals surface area contributed by atoms with Crippen molar-refractivity contribution in [1.29, 1.82) is 0 Å². The summed E-state index contributed by atoms with van der Waals surface area (Å²) in [6, 6.07) is 0. The van der Waals surface area contributed by atoms with E-state index >= 15 is 0 Å². The van der Waals surface area contributed by atoms with Crippen molar-refractivity contribution >= 4 is 29.1 Å². The molecule has 6 saturated carbocycles. The monoisotopic (exact) mass is 790 g/mol. The van der Waals surface area contributed by atoms with E-state index in [4.69, 9.17) is 4.74 Å². The molecule has 0 aromatic heterocycles. The van der Waals surface area contributed by atoms with Gasteiger partial charge in [-0.2, -0.15) is 0 Å². The lowest BCUT2D eigenvalue weighted by atomic mass is 9.45. The maximum atomic E-state index is 12.9. The van der Waals surface area contributed by atoms with E-state index in [0.29, 0.717) is 32.1 Å². The van der Waals surface area contributed by atoms with Gasteiger partial charge in [0, 0.05) is 40.4 Å². The highest BCUT2D eigenvalue weighted by atomic mass is 16.5. The fourth-order valence-corrected chi connectivity index (χ4v) is 14.7. The van der Waals surface area contributed by atoms with Crippen LogP contribution in [0.1, 0.15) is 113 Å². The SMILES string of the molecule is CC(=O)OCC(=O)[C@@]1(O)CCC2C3CCC4=CC(=O)C=C(C)[C@]4(C)C3C(O)C[C@@]21C.CC1=CC(=O)C=C2CC[C@@H]3[C@H](C(O)C[C@@]4(C)[C@H]3CC[C@]4(O)C(=O)CO)[C@@]12C. The van der Waals surface area contributed by atoms with E-state index in [1.165, 1.54) is 6.92 Å². The van der Waals surface area contributed by atoms with Crippen LogP contribution in [0, 0.1) is 57.2 Å². The molecule has 0 aliphatic heterocycles. The Morgan fingerprint density at radius 2 is 1.09 bits per heavy atom. The number of allylic oxidation sites excluding steroid dienone is 8. The summed E-state index contributed by atoms with van der Waals surface area (Å²) in [5.74, 6) is -1.06. The molecule has 0 aromatic carbocycles. The smallest absolute Gasteiger partial charge is 0.303 e. The van der Waals surface area contributed by atoms with Gasteiger partial charge in [0.1, 0.15) is 17.8 Å². The fraction of sp³-hybridized carbons (Fsp3) is 0.717.